The summed E-state index contributed by atoms with van der Waals surface area (Å²) in [5, 5.41) is 9.70. The van der Waals surface area contributed by atoms with Gasteiger partial charge in [0.2, 0.25) is 0 Å². The third-order valence-electron chi connectivity index (χ3n) is 14.3. The van der Waals surface area contributed by atoms with Crippen LogP contribution in [0, 0.1) is 0 Å². The number of carbonyl (C=O) groups is 2. The molecule has 0 bridgehead atoms. The molecule has 5 nitrogen and oxygen atoms in total. The summed E-state index contributed by atoms with van der Waals surface area (Å²) in [6.45, 7) is 3.91. The van der Waals surface area contributed by atoms with Crippen LogP contribution in [0.15, 0.2) is 158 Å². The highest BCUT2D eigenvalue weighted by molar-refractivity contribution is 5.70. The lowest BCUT2D eigenvalue weighted by molar-refractivity contribution is -0.161. The predicted octanol–water partition coefficient (Wildman–Crippen LogP) is 23.9. The second-order valence-corrected chi connectivity index (χ2v) is 22.1. The highest BCUT2D eigenvalue weighted by atomic mass is 16.6. The molecule has 0 saturated heterocycles. The first-order valence-electron chi connectivity index (χ1n) is 34.0. The van der Waals surface area contributed by atoms with Crippen molar-refractivity contribution in [2.75, 3.05) is 13.2 Å². The number of esters is 2. The molecule has 0 aliphatic rings. The standard InChI is InChI=1S/C77H126O5/c1-3-5-7-9-11-13-15-17-19-21-23-25-27-29-31-33-35-36-37-38-39-40-42-43-45-47-49-51-53-55-57-59-61-63-65-67-69-71-76(79)81-74-75(73-78)82-77(80)72-70-68-66-64-62-60-58-56-54-52-50-48-46-44-41-34-32-30-28-26-24-22-20-18-16-14-12-10-8-6-4-2/h5-8,11-14,17-20,23-26,29-32,41,44,48,50,54,56,75,78H,3-4,9-10,15-16,21-22,27-28,33-40,42-43,45-47,49,51-53,55,57-74H2,1-2H3/b7-5-,8-6-,13-11-,14-12-,19-17-,20-18-,25-23-,26-24-,31-29-,32-30-,44-41-,50-48-,56-54-. The van der Waals surface area contributed by atoms with Gasteiger partial charge in [0.15, 0.2) is 6.10 Å². The number of carbonyl (C=O) groups excluding carboxylic acids is 2. The fraction of sp³-hybridized carbons (Fsp3) is 0.636. The minimum atomic E-state index is -0.791. The molecule has 0 spiro atoms. The molecule has 0 radical (unpaired) electrons. The summed E-state index contributed by atoms with van der Waals surface area (Å²) < 4.78 is 10.7. The molecular formula is C77H126O5. The van der Waals surface area contributed by atoms with Gasteiger partial charge >= 0.3 is 11.9 Å². The maximum atomic E-state index is 12.4. The lowest BCUT2D eigenvalue weighted by atomic mass is 10.0. The van der Waals surface area contributed by atoms with Crippen LogP contribution in [0.2, 0.25) is 0 Å². The maximum absolute atomic E-state index is 12.4. The number of aliphatic hydroxyl groups is 1. The average molecular weight is 1130 g/mol. The first-order valence-corrected chi connectivity index (χ1v) is 34.0. The molecule has 0 fully saturated rings. The molecule has 1 unspecified atom stereocenters. The SMILES string of the molecule is CC/C=C\C/C=C\C/C=C\C/C=C\C/C=C\C/C=C\C/C=C\C/C=C\CCCCCCCCC(=O)OC(CO)COC(=O)CCCCCCCCCCCCCCCCCCCCCCC/C=C\C/C=C\C/C=C\C/C=C\C/C=C\CC. The Morgan fingerprint density at radius 3 is 0.732 bits per heavy atom. The summed E-state index contributed by atoms with van der Waals surface area (Å²) in [6, 6.07) is 0. The van der Waals surface area contributed by atoms with Gasteiger partial charge in [-0.2, -0.15) is 0 Å². The normalized spacial score (nSPS) is 13.3. The van der Waals surface area contributed by atoms with Crippen LogP contribution in [0.1, 0.15) is 296 Å². The Morgan fingerprint density at radius 2 is 0.488 bits per heavy atom. The second-order valence-electron chi connectivity index (χ2n) is 22.1. The lowest BCUT2D eigenvalue weighted by Gasteiger charge is -2.15. The lowest BCUT2D eigenvalue weighted by Crippen LogP contribution is -2.28. The summed E-state index contributed by atoms with van der Waals surface area (Å²) in [5.74, 6) is -0.607. The van der Waals surface area contributed by atoms with E-state index in [9.17, 15) is 14.7 Å². The molecule has 464 valence electrons. The van der Waals surface area contributed by atoms with Crippen molar-refractivity contribution < 1.29 is 24.2 Å². The van der Waals surface area contributed by atoms with Gasteiger partial charge in [-0.3, -0.25) is 9.59 Å². The molecule has 0 amide bonds. The molecule has 0 heterocycles. The van der Waals surface area contributed by atoms with E-state index in [0.717, 1.165) is 128 Å². The largest absolute Gasteiger partial charge is 0.462 e. The van der Waals surface area contributed by atoms with E-state index in [2.05, 4.69) is 172 Å². The summed E-state index contributed by atoms with van der Waals surface area (Å²) in [6.07, 6.45) is 108. The van der Waals surface area contributed by atoms with Crippen LogP contribution >= 0.6 is 0 Å². The number of hydrogen-bond donors (Lipinski definition) is 1. The van der Waals surface area contributed by atoms with Gasteiger partial charge in [-0.1, -0.05) is 320 Å². The van der Waals surface area contributed by atoms with E-state index in [1.54, 1.807) is 0 Å². The van der Waals surface area contributed by atoms with E-state index in [0.29, 0.717) is 12.8 Å². The number of hydrogen-bond acceptors (Lipinski definition) is 5. The average Bonchev–Trinajstić information content (AvgIpc) is 3.49. The van der Waals surface area contributed by atoms with Crippen molar-refractivity contribution in [2.24, 2.45) is 0 Å². The van der Waals surface area contributed by atoms with Gasteiger partial charge in [-0.05, 0) is 122 Å². The van der Waals surface area contributed by atoms with E-state index in [-0.39, 0.29) is 25.2 Å². The number of aliphatic hydroxyl groups excluding tert-OH is 1. The summed E-state index contributed by atoms with van der Waals surface area (Å²) in [4.78, 5) is 24.6. The van der Waals surface area contributed by atoms with Gasteiger partial charge in [0.05, 0.1) is 6.61 Å². The Labute approximate surface area is 507 Å². The second kappa shape index (κ2) is 70.8. The van der Waals surface area contributed by atoms with Crippen LogP contribution in [-0.2, 0) is 19.1 Å². The van der Waals surface area contributed by atoms with Crippen LogP contribution in [-0.4, -0.2) is 36.4 Å². The van der Waals surface area contributed by atoms with E-state index in [1.807, 2.05) is 0 Å². The fourth-order valence-corrected chi connectivity index (χ4v) is 9.31. The van der Waals surface area contributed by atoms with Crippen molar-refractivity contribution in [2.45, 2.75) is 302 Å². The molecule has 0 aromatic rings. The zero-order valence-corrected chi connectivity index (χ0v) is 53.2. The van der Waals surface area contributed by atoms with Crippen molar-refractivity contribution in [3.63, 3.8) is 0 Å². The third-order valence-corrected chi connectivity index (χ3v) is 14.3. The molecule has 0 rings (SSSR count). The van der Waals surface area contributed by atoms with Crippen LogP contribution in [0.5, 0.6) is 0 Å². The first-order chi connectivity index (χ1) is 40.6. The quantitative estimate of drug-likeness (QED) is 0.0373. The minimum Gasteiger partial charge on any atom is -0.462 e. The molecule has 0 aliphatic heterocycles. The Hall–Kier alpha value is -4.48. The maximum Gasteiger partial charge on any atom is 0.306 e. The molecule has 1 atom stereocenters. The number of unbranched alkanes of at least 4 members (excludes halogenated alkanes) is 27. The molecule has 0 aromatic carbocycles. The number of ether oxygens (including phenoxy) is 2. The third kappa shape index (κ3) is 68.0. The fourth-order valence-electron chi connectivity index (χ4n) is 9.31. The summed E-state index contributed by atoms with van der Waals surface area (Å²) >= 11 is 0. The predicted molar refractivity (Wildman–Crippen MR) is 361 cm³/mol. The molecule has 0 aromatic heterocycles. The highest BCUT2D eigenvalue weighted by Crippen LogP contribution is 2.17. The Bertz CT molecular complexity index is 1760. The van der Waals surface area contributed by atoms with Crippen molar-refractivity contribution in [3.05, 3.63) is 158 Å². The first kappa shape index (κ1) is 77.5. The smallest absolute Gasteiger partial charge is 0.306 e. The summed E-state index contributed by atoms with van der Waals surface area (Å²) in [7, 11) is 0. The van der Waals surface area contributed by atoms with Gasteiger partial charge in [0.25, 0.3) is 0 Å². The monoisotopic (exact) mass is 1130 g/mol. The Kier molecular flexibility index (Phi) is 66.9. The van der Waals surface area contributed by atoms with Crippen molar-refractivity contribution >= 4 is 11.9 Å². The van der Waals surface area contributed by atoms with Gasteiger partial charge in [-0.15, -0.1) is 0 Å². The van der Waals surface area contributed by atoms with E-state index in [1.165, 1.54) is 141 Å². The molecular weight excluding hydrogens is 1000 g/mol. The van der Waals surface area contributed by atoms with Crippen molar-refractivity contribution in [3.8, 4) is 0 Å². The van der Waals surface area contributed by atoms with Crippen LogP contribution in [0.3, 0.4) is 0 Å². The van der Waals surface area contributed by atoms with Crippen molar-refractivity contribution in [1.29, 1.82) is 0 Å². The topological polar surface area (TPSA) is 72.8 Å². The van der Waals surface area contributed by atoms with Gasteiger partial charge in [-0.25, -0.2) is 0 Å². The van der Waals surface area contributed by atoms with E-state index >= 15 is 0 Å². The van der Waals surface area contributed by atoms with Gasteiger partial charge < -0.3 is 14.6 Å². The number of rotatable bonds is 61. The minimum absolute atomic E-state index is 0.0783. The molecule has 0 saturated carbocycles. The highest BCUT2D eigenvalue weighted by Gasteiger charge is 2.16. The van der Waals surface area contributed by atoms with E-state index < -0.39 is 6.10 Å². The number of allylic oxidation sites excluding steroid dienone is 26. The van der Waals surface area contributed by atoms with Crippen LogP contribution in [0.25, 0.3) is 0 Å². The van der Waals surface area contributed by atoms with Gasteiger partial charge in [0.1, 0.15) is 6.61 Å². The van der Waals surface area contributed by atoms with Crippen LogP contribution < -0.4 is 0 Å². The molecule has 5 heteroatoms. The van der Waals surface area contributed by atoms with Gasteiger partial charge in [0, 0.05) is 12.8 Å². The molecule has 1 N–H and O–H groups in total. The Balaban J connectivity index is 3.52. The van der Waals surface area contributed by atoms with Crippen LogP contribution in [0.4, 0.5) is 0 Å². The summed E-state index contributed by atoms with van der Waals surface area (Å²) in [5.41, 5.74) is 0. The zero-order valence-electron chi connectivity index (χ0n) is 53.2. The molecule has 0 aliphatic carbocycles. The zero-order chi connectivity index (χ0) is 59.1. The Morgan fingerprint density at radius 1 is 0.280 bits per heavy atom. The van der Waals surface area contributed by atoms with Crippen molar-refractivity contribution in [1.82, 2.24) is 0 Å². The molecule has 82 heavy (non-hydrogen) atoms. The van der Waals surface area contributed by atoms with E-state index in [4.69, 9.17) is 9.47 Å².